The molecule has 0 fully saturated rings. The molecule has 0 bridgehead atoms. The van der Waals surface area contributed by atoms with E-state index in [9.17, 15) is 4.39 Å². The first-order valence-electron chi connectivity index (χ1n) is 9.62. The van der Waals surface area contributed by atoms with Crippen LogP contribution in [-0.4, -0.2) is 36.7 Å². The van der Waals surface area contributed by atoms with Crippen molar-refractivity contribution in [3.8, 4) is 11.3 Å². The molecule has 3 aromatic heterocycles. The minimum Gasteiger partial charge on any atom is -0.351 e. The van der Waals surface area contributed by atoms with E-state index in [0.29, 0.717) is 12.2 Å². The van der Waals surface area contributed by atoms with Crippen LogP contribution < -0.4 is 4.90 Å². The van der Waals surface area contributed by atoms with Crippen LogP contribution in [0.25, 0.3) is 33.3 Å². The first kappa shape index (κ1) is 18.1. The predicted octanol–water partition coefficient (Wildman–Crippen LogP) is 4.13. The lowest BCUT2D eigenvalue weighted by Gasteiger charge is -2.22. The fraction of sp³-hybridized carbons (Fsp3) is 0.136. The summed E-state index contributed by atoms with van der Waals surface area (Å²) < 4.78 is 13.2. The number of fused-ring (bicyclic) bond motifs is 2. The minimum absolute atomic E-state index is 0.237. The summed E-state index contributed by atoms with van der Waals surface area (Å²) in [5.74, 6) is 0.542. The number of aromatic nitrogens is 6. The number of halogens is 1. The monoisotopic (exact) mass is 399 g/mol. The quantitative estimate of drug-likeness (QED) is 0.478. The summed E-state index contributed by atoms with van der Waals surface area (Å²) >= 11 is 0. The minimum atomic E-state index is -0.237. The molecule has 0 aliphatic heterocycles. The fourth-order valence-corrected chi connectivity index (χ4v) is 3.46. The third-order valence-electron chi connectivity index (χ3n) is 5.04. The molecule has 0 aliphatic rings. The van der Waals surface area contributed by atoms with Gasteiger partial charge in [-0.15, -0.1) is 0 Å². The van der Waals surface area contributed by atoms with E-state index >= 15 is 0 Å². The molecule has 0 saturated carbocycles. The highest BCUT2D eigenvalue weighted by Crippen LogP contribution is 2.27. The molecule has 7 nitrogen and oxygen atoms in total. The Morgan fingerprint density at radius 1 is 0.967 bits per heavy atom. The number of aromatic amines is 1. The molecule has 3 heterocycles. The molecule has 0 atom stereocenters. The van der Waals surface area contributed by atoms with Gasteiger partial charge in [0.05, 0.1) is 34.5 Å². The standard InChI is InChI=1S/C22H18FN7/c1-2-30(12-14-3-6-16(23)7-4-14)20-11-24-19-9-15(5-8-18(19)28-20)21-17-10-27-29-22(17)26-13-25-21/h3-11,13H,2,12H2,1H3,(H,25,26,27,29). The number of nitrogens with one attached hydrogen (secondary N) is 1. The number of hydrogen-bond acceptors (Lipinski definition) is 6. The van der Waals surface area contributed by atoms with Crippen molar-refractivity contribution in [2.75, 3.05) is 11.4 Å². The van der Waals surface area contributed by atoms with Gasteiger partial charge in [-0.2, -0.15) is 5.10 Å². The second-order valence-electron chi connectivity index (χ2n) is 6.93. The van der Waals surface area contributed by atoms with E-state index in [1.54, 1.807) is 24.5 Å². The molecule has 148 valence electrons. The van der Waals surface area contributed by atoms with Gasteiger partial charge in [-0.3, -0.25) is 10.1 Å². The molecule has 5 aromatic rings. The average Bonchev–Trinajstić information content (AvgIpc) is 3.27. The molecule has 5 rings (SSSR count). The maximum Gasteiger partial charge on any atom is 0.159 e. The van der Waals surface area contributed by atoms with Crippen LogP contribution >= 0.6 is 0 Å². The van der Waals surface area contributed by atoms with Gasteiger partial charge in [-0.1, -0.05) is 18.2 Å². The van der Waals surface area contributed by atoms with Gasteiger partial charge in [0.1, 0.15) is 18.0 Å². The average molecular weight is 399 g/mol. The van der Waals surface area contributed by atoms with E-state index in [-0.39, 0.29) is 5.82 Å². The normalized spacial score (nSPS) is 11.3. The van der Waals surface area contributed by atoms with Gasteiger partial charge in [0.2, 0.25) is 0 Å². The molecule has 30 heavy (non-hydrogen) atoms. The van der Waals surface area contributed by atoms with Crippen LogP contribution in [-0.2, 0) is 6.54 Å². The predicted molar refractivity (Wildman–Crippen MR) is 113 cm³/mol. The Balaban J connectivity index is 1.48. The smallest absolute Gasteiger partial charge is 0.159 e. The summed E-state index contributed by atoms with van der Waals surface area (Å²) in [7, 11) is 0. The maximum atomic E-state index is 13.2. The second kappa shape index (κ2) is 7.47. The summed E-state index contributed by atoms with van der Waals surface area (Å²) in [4.78, 5) is 20.1. The highest BCUT2D eigenvalue weighted by molar-refractivity contribution is 5.92. The maximum absolute atomic E-state index is 13.2. The Bertz CT molecular complexity index is 1330. The molecule has 0 unspecified atom stereocenters. The van der Waals surface area contributed by atoms with Crippen LogP contribution in [0.4, 0.5) is 10.2 Å². The first-order chi connectivity index (χ1) is 14.7. The van der Waals surface area contributed by atoms with Crippen molar-refractivity contribution in [1.82, 2.24) is 30.1 Å². The molecule has 0 amide bonds. The van der Waals surface area contributed by atoms with E-state index in [1.807, 2.05) is 18.2 Å². The molecule has 2 aromatic carbocycles. The lowest BCUT2D eigenvalue weighted by Crippen LogP contribution is -2.23. The molecule has 0 aliphatic carbocycles. The van der Waals surface area contributed by atoms with Gasteiger partial charge >= 0.3 is 0 Å². The molecular weight excluding hydrogens is 381 g/mol. The van der Waals surface area contributed by atoms with Gasteiger partial charge in [-0.05, 0) is 36.8 Å². The van der Waals surface area contributed by atoms with Gasteiger partial charge in [-0.25, -0.2) is 19.3 Å². The van der Waals surface area contributed by atoms with Crippen molar-refractivity contribution < 1.29 is 4.39 Å². The van der Waals surface area contributed by atoms with Crippen LogP contribution in [0, 0.1) is 5.82 Å². The number of nitrogens with zero attached hydrogens (tertiary/aromatic N) is 6. The van der Waals surface area contributed by atoms with Gasteiger partial charge < -0.3 is 4.90 Å². The van der Waals surface area contributed by atoms with Gasteiger partial charge in [0, 0.05) is 18.7 Å². The third-order valence-corrected chi connectivity index (χ3v) is 5.04. The Labute approximate surface area is 171 Å². The highest BCUT2D eigenvalue weighted by atomic mass is 19.1. The van der Waals surface area contributed by atoms with E-state index in [4.69, 9.17) is 4.98 Å². The number of rotatable bonds is 5. The van der Waals surface area contributed by atoms with Crippen molar-refractivity contribution in [3.63, 3.8) is 0 Å². The zero-order valence-electron chi connectivity index (χ0n) is 16.2. The lowest BCUT2D eigenvalue weighted by molar-refractivity contribution is 0.626. The lowest BCUT2D eigenvalue weighted by atomic mass is 10.1. The Morgan fingerprint density at radius 2 is 1.83 bits per heavy atom. The van der Waals surface area contributed by atoms with Crippen molar-refractivity contribution in [2.24, 2.45) is 0 Å². The SMILES string of the molecule is CCN(Cc1ccc(F)cc1)c1cnc2cc(-c3ncnc4[nH]ncc34)ccc2n1. The molecule has 0 saturated heterocycles. The number of anilines is 1. The van der Waals surface area contributed by atoms with E-state index in [0.717, 1.165) is 45.6 Å². The van der Waals surface area contributed by atoms with Crippen LogP contribution in [0.2, 0.25) is 0 Å². The fourth-order valence-electron chi connectivity index (χ4n) is 3.46. The van der Waals surface area contributed by atoms with Crippen LogP contribution in [0.3, 0.4) is 0 Å². The highest BCUT2D eigenvalue weighted by Gasteiger charge is 2.12. The van der Waals surface area contributed by atoms with Crippen molar-refractivity contribution >= 4 is 27.9 Å². The van der Waals surface area contributed by atoms with Gasteiger partial charge in [0.15, 0.2) is 5.65 Å². The summed E-state index contributed by atoms with van der Waals surface area (Å²) in [6, 6.07) is 12.4. The van der Waals surface area contributed by atoms with Crippen molar-refractivity contribution in [1.29, 1.82) is 0 Å². The van der Waals surface area contributed by atoms with E-state index in [2.05, 4.69) is 37.0 Å². The Hall–Kier alpha value is -3.94. The third kappa shape index (κ3) is 3.32. The first-order valence-corrected chi connectivity index (χ1v) is 9.62. The van der Waals surface area contributed by atoms with Crippen LogP contribution in [0.1, 0.15) is 12.5 Å². The molecule has 0 spiro atoms. The molecule has 0 radical (unpaired) electrons. The number of hydrogen-bond donors (Lipinski definition) is 1. The van der Waals surface area contributed by atoms with Crippen molar-refractivity contribution in [3.05, 3.63) is 72.6 Å². The Kier molecular flexibility index (Phi) is 4.51. The van der Waals surface area contributed by atoms with Crippen LogP contribution in [0.15, 0.2) is 61.2 Å². The zero-order valence-corrected chi connectivity index (χ0v) is 16.2. The largest absolute Gasteiger partial charge is 0.351 e. The topological polar surface area (TPSA) is 83.5 Å². The number of H-pyrrole nitrogens is 1. The summed E-state index contributed by atoms with van der Waals surface area (Å²) in [5.41, 5.74) is 5.02. The van der Waals surface area contributed by atoms with E-state index in [1.165, 1.54) is 18.5 Å². The summed E-state index contributed by atoms with van der Waals surface area (Å²) in [6.07, 6.45) is 5.01. The Morgan fingerprint density at radius 3 is 2.67 bits per heavy atom. The summed E-state index contributed by atoms with van der Waals surface area (Å²) in [5, 5.41) is 7.77. The molecule has 1 N–H and O–H groups in total. The van der Waals surface area contributed by atoms with Crippen molar-refractivity contribution in [2.45, 2.75) is 13.5 Å². The summed E-state index contributed by atoms with van der Waals surface area (Å²) in [6.45, 7) is 3.45. The van der Waals surface area contributed by atoms with E-state index < -0.39 is 0 Å². The van der Waals surface area contributed by atoms with Crippen LogP contribution in [0.5, 0.6) is 0 Å². The molecular formula is C22H18FN7. The number of benzene rings is 2. The zero-order chi connectivity index (χ0) is 20.5. The second-order valence-corrected chi connectivity index (χ2v) is 6.93. The molecule has 8 heteroatoms. The van der Waals surface area contributed by atoms with Gasteiger partial charge in [0.25, 0.3) is 0 Å².